The molecule has 0 aliphatic heterocycles. The number of halogens is 1. The highest BCUT2D eigenvalue weighted by Crippen LogP contribution is 2.34. The van der Waals surface area contributed by atoms with Gasteiger partial charge >= 0.3 is 0 Å². The predicted molar refractivity (Wildman–Crippen MR) is 80.2 cm³/mol. The summed E-state index contributed by atoms with van der Waals surface area (Å²) < 4.78 is 0. The van der Waals surface area contributed by atoms with Crippen molar-refractivity contribution in [3.8, 4) is 0 Å². The van der Waals surface area contributed by atoms with Crippen molar-refractivity contribution < 1.29 is 15.1 Å². The van der Waals surface area contributed by atoms with Gasteiger partial charge in [-0.25, -0.2) is 9.97 Å². The van der Waals surface area contributed by atoms with E-state index >= 15 is 0 Å². The summed E-state index contributed by atoms with van der Waals surface area (Å²) in [5.74, 6) is 0.158. The van der Waals surface area contributed by atoms with Crippen LogP contribution in [0.3, 0.4) is 0 Å². The molecule has 1 atom stereocenters. The standard InChI is InChI=1S/C13H13ClN4O4/c14-12-13(16-6-5-15-12)17(7-9(20)8-19)10-3-1-2-4-11(10)18(21)22/h1-6,9,19-20H,7-8H2. The van der Waals surface area contributed by atoms with Crippen LogP contribution in [0.4, 0.5) is 17.2 Å². The number of para-hydroxylation sites is 2. The lowest BCUT2D eigenvalue weighted by atomic mass is 10.2. The second kappa shape index (κ2) is 7.12. The summed E-state index contributed by atoms with van der Waals surface area (Å²) in [4.78, 5) is 19.9. The van der Waals surface area contributed by atoms with Crippen LogP contribution in [0.15, 0.2) is 36.7 Å². The monoisotopic (exact) mass is 324 g/mol. The number of anilines is 2. The van der Waals surface area contributed by atoms with Crippen molar-refractivity contribution in [2.24, 2.45) is 0 Å². The van der Waals surface area contributed by atoms with E-state index in [-0.39, 0.29) is 28.9 Å². The molecule has 0 saturated heterocycles. The SMILES string of the molecule is O=[N+]([O-])c1ccccc1N(CC(O)CO)c1nccnc1Cl. The zero-order valence-electron chi connectivity index (χ0n) is 11.3. The highest BCUT2D eigenvalue weighted by molar-refractivity contribution is 6.31. The van der Waals surface area contributed by atoms with Crippen LogP contribution >= 0.6 is 11.6 Å². The van der Waals surface area contributed by atoms with E-state index in [1.807, 2.05) is 0 Å². The quantitative estimate of drug-likeness (QED) is 0.612. The van der Waals surface area contributed by atoms with E-state index < -0.39 is 17.6 Å². The van der Waals surface area contributed by atoms with E-state index in [0.717, 1.165) is 0 Å². The zero-order valence-corrected chi connectivity index (χ0v) is 12.1. The maximum absolute atomic E-state index is 11.2. The lowest BCUT2D eigenvalue weighted by Gasteiger charge is -2.25. The molecule has 1 aromatic heterocycles. The van der Waals surface area contributed by atoms with Crippen LogP contribution < -0.4 is 4.90 Å². The second-order valence-electron chi connectivity index (χ2n) is 4.36. The fourth-order valence-corrected chi connectivity index (χ4v) is 2.12. The fourth-order valence-electron chi connectivity index (χ4n) is 1.91. The molecule has 0 aliphatic rings. The minimum atomic E-state index is -1.13. The molecular weight excluding hydrogens is 312 g/mol. The third-order valence-electron chi connectivity index (χ3n) is 2.86. The molecular formula is C13H13ClN4O4. The number of nitro benzene ring substituents is 1. The largest absolute Gasteiger partial charge is 0.394 e. The lowest BCUT2D eigenvalue weighted by molar-refractivity contribution is -0.384. The normalized spacial score (nSPS) is 12.0. The third kappa shape index (κ3) is 3.48. The van der Waals surface area contributed by atoms with Crippen molar-refractivity contribution in [3.05, 3.63) is 51.9 Å². The average Bonchev–Trinajstić information content (AvgIpc) is 2.53. The number of rotatable bonds is 6. The molecule has 116 valence electrons. The van der Waals surface area contributed by atoms with Crippen molar-refractivity contribution in [2.75, 3.05) is 18.1 Å². The Balaban J connectivity index is 2.55. The molecule has 1 unspecified atom stereocenters. The summed E-state index contributed by atoms with van der Waals surface area (Å²) in [5, 5.41) is 30.0. The predicted octanol–water partition coefficient (Wildman–Crippen LogP) is 1.53. The van der Waals surface area contributed by atoms with Crippen LogP contribution in [-0.4, -0.2) is 44.4 Å². The number of hydrogen-bond donors (Lipinski definition) is 2. The summed E-state index contributed by atoms with van der Waals surface area (Å²) >= 11 is 6.00. The van der Waals surface area contributed by atoms with Crippen molar-refractivity contribution in [1.29, 1.82) is 0 Å². The molecule has 9 heteroatoms. The molecule has 0 saturated carbocycles. The Labute approximate surface area is 130 Å². The van der Waals surface area contributed by atoms with E-state index in [9.17, 15) is 15.2 Å². The van der Waals surface area contributed by atoms with Gasteiger partial charge in [-0.05, 0) is 6.07 Å². The number of hydrogen-bond acceptors (Lipinski definition) is 7. The van der Waals surface area contributed by atoms with Gasteiger partial charge in [0.1, 0.15) is 5.69 Å². The molecule has 2 aromatic rings. The maximum Gasteiger partial charge on any atom is 0.292 e. The molecule has 2 N–H and O–H groups in total. The molecule has 0 spiro atoms. The number of nitro groups is 1. The first kappa shape index (κ1) is 16.1. The highest BCUT2D eigenvalue weighted by atomic mass is 35.5. The van der Waals surface area contributed by atoms with Crippen molar-refractivity contribution in [2.45, 2.75) is 6.10 Å². The minimum absolute atomic E-state index is 0.0331. The Bertz CT molecular complexity index is 670. The van der Waals surface area contributed by atoms with Gasteiger partial charge in [0.2, 0.25) is 0 Å². The molecule has 0 bridgehead atoms. The zero-order chi connectivity index (χ0) is 16.1. The van der Waals surface area contributed by atoms with Gasteiger partial charge in [-0.15, -0.1) is 0 Å². The van der Waals surface area contributed by atoms with Crippen LogP contribution in [0, 0.1) is 10.1 Å². The second-order valence-corrected chi connectivity index (χ2v) is 4.72. The van der Waals surface area contributed by atoms with Crippen molar-refractivity contribution >= 4 is 28.8 Å². The topological polar surface area (TPSA) is 113 Å². The molecule has 0 amide bonds. The van der Waals surface area contributed by atoms with Gasteiger partial charge in [-0.2, -0.15) is 0 Å². The van der Waals surface area contributed by atoms with Gasteiger partial charge in [0.05, 0.1) is 24.2 Å². The average molecular weight is 325 g/mol. The van der Waals surface area contributed by atoms with Crippen LogP contribution in [0.5, 0.6) is 0 Å². The number of aliphatic hydroxyl groups is 2. The molecule has 0 fully saturated rings. The molecule has 22 heavy (non-hydrogen) atoms. The molecule has 1 aromatic carbocycles. The number of aliphatic hydroxyl groups excluding tert-OH is 2. The van der Waals surface area contributed by atoms with E-state index in [0.29, 0.717) is 0 Å². The summed E-state index contributed by atoms with van der Waals surface area (Å²) in [5.41, 5.74) is 0.0248. The van der Waals surface area contributed by atoms with E-state index in [2.05, 4.69) is 9.97 Å². The molecule has 0 radical (unpaired) electrons. The Morgan fingerprint density at radius 3 is 2.64 bits per heavy atom. The van der Waals surface area contributed by atoms with Gasteiger partial charge in [-0.1, -0.05) is 23.7 Å². The first-order chi connectivity index (χ1) is 10.5. The molecule has 8 nitrogen and oxygen atoms in total. The number of benzene rings is 1. The van der Waals surface area contributed by atoms with Gasteiger partial charge in [0, 0.05) is 18.5 Å². The Morgan fingerprint density at radius 1 is 1.32 bits per heavy atom. The summed E-state index contributed by atoms with van der Waals surface area (Å²) in [7, 11) is 0. The van der Waals surface area contributed by atoms with Crippen LogP contribution in [0.2, 0.25) is 5.15 Å². The third-order valence-corrected chi connectivity index (χ3v) is 3.13. The van der Waals surface area contributed by atoms with Gasteiger partial charge < -0.3 is 15.1 Å². The summed E-state index contributed by atoms with van der Waals surface area (Å²) in [6, 6.07) is 5.98. The van der Waals surface area contributed by atoms with Gasteiger partial charge in [0.15, 0.2) is 11.0 Å². The van der Waals surface area contributed by atoms with E-state index in [1.165, 1.54) is 35.5 Å². The molecule has 1 heterocycles. The number of nitrogens with zero attached hydrogens (tertiary/aromatic N) is 4. The fraction of sp³-hybridized carbons (Fsp3) is 0.231. The van der Waals surface area contributed by atoms with E-state index in [4.69, 9.17) is 16.7 Å². The Morgan fingerprint density at radius 2 is 2.00 bits per heavy atom. The first-order valence-electron chi connectivity index (χ1n) is 6.31. The van der Waals surface area contributed by atoms with Gasteiger partial charge in [0.25, 0.3) is 5.69 Å². The summed E-state index contributed by atoms with van der Waals surface area (Å²) in [6.45, 7) is -0.630. The van der Waals surface area contributed by atoms with Crippen molar-refractivity contribution in [1.82, 2.24) is 9.97 Å². The van der Waals surface area contributed by atoms with Crippen molar-refractivity contribution in [3.63, 3.8) is 0 Å². The minimum Gasteiger partial charge on any atom is -0.394 e. The Hall–Kier alpha value is -2.29. The van der Waals surface area contributed by atoms with Crippen LogP contribution in [0.25, 0.3) is 0 Å². The number of aromatic nitrogens is 2. The van der Waals surface area contributed by atoms with E-state index in [1.54, 1.807) is 6.07 Å². The summed E-state index contributed by atoms with van der Waals surface area (Å²) in [6.07, 6.45) is 1.64. The van der Waals surface area contributed by atoms with Crippen LogP contribution in [-0.2, 0) is 0 Å². The lowest BCUT2D eigenvalue weighted by Crippen LogP contribution is -2.32. The van der Waals surface area contributed by atoms with Gasteiger partial charge in [-0.3, -0.25) is 10.1 Å². The Kier molecular flexibility index (Phi) is 5.21. The highest BCUT2D eigenvalue weighted by Gasteiger charge is 2.25. The smallest absolute Gasteiger partial charge is 0.292 e. The first-order valence-corrected chi connectivity index (χ1v) is 6.68. The molecule has 2 rings (SSSR count). The maximum atomic E-state index is 11.2. The van der Waals surface area contributed by atoms with Crippen LogP contribution in [0.1, 0.15) is 0 Å². The molecule has 0 aliphatic carbocycles.